The first-order valence-electron chi connectivity index (χ1n) is 5.74. The van der Waals surface area contributed by atoms with E-state index in [1.165, 1.54) is 24.2 Å². The Bertz CT molecular complexity index is 733. The van der Waals surface area contributed by atoms with Crippen LogP contribution in [0.4, 0.5) is 5.82 Å². The van der Waals surface area contributed by atoms with Crippen LogP contribution < -0.4 is 5.73 Å². The Labute approximate surface area is 106 Å². The molecular weight excluding hydrogens is 250 g/mol. The normalized spacial score (nSPS) is 15.6. The summed E-state index contributed by atoms with van der Waals surface area (Å²) in [6, 6.07) is 0. The highest BCUT2D eigenvalue weighted by Gasteiger charge is 2.30. The predicted octanol–water partition coefficient (Wildman–Crippen LogP) is 1.05. The molecule has 3 aromatic heterocycles. The van der Waals surface area contributed by atoms with Crippen molar-refractivity contribution in [3.05, 3.63) is 12.0 Å². The van der Waals surface area contributed by atoms with E-state index in [-0.39, 0.29) is 0 Å². The fourth-order valence-corrected chi connectivity index (χ4v) is 2.81. The number of rotatable bonds is 2. The number of anilines is 1. The summed E-state index contributed by atoms with van der Waals surface area (Å²) in [6.45, 7) is 0. The zero-order valence-corrected chi connectivity index (χ0v) is 10.6. The lowest BCUT2D eigenvalue weighted by Gasteiger charge is -1.95. The third-order valence-corrected chi connectivity index (χ3v) is 4.10. The van der Waals surface area contributed by atoms with Gasteiger partial charge >= 0.3 is 0 Å². The maximum Gasteiger partial charge on any atom is 0.234 e. The Kier molecular flexibility index (Phi) is 1.83. The van der Waals surface area contributed by atoms with Crippen LogP contribution in [-0.4, -0.2) is 29.6 Å². The van der Waals surface area contributed by atoms with Crippen molar-refractivity contribution in [1.82, 2.24) is 29.6 Å². The maximum atomic E-state index is 5.96. The molecule has 0 saturated heterocycles. The molecule has 1 aliphatic carbocycles. The van der Waals surface area contributed by atoms with Crippen molar-refractivity contribution in [3.63, 3.8) is 0 Å². The molecule has 3 aromatic rings. The van der Waals surface area contributed by atoms with E-state index in [1.807, 2.05) is 11.6 Å². The molecule has 0 spiro atoms. The van der Waals surface area contributed by atoms with Crippen molar-refractivity contribution in [2.75, 3.05) is 5.73 Å². The number of nitrogens with two attached hydrogens (primary N) is 1. The molecule has 0 aliphatic heterocycles. The second-order valence-electron chi connectivity index (χ2n) is 4.50. The molecule has 1 saturated carbocycles. The Morgan fingerprint density at radius 1 is 1.39 bits per heavy atom. The monoisotopic (exact) mass is 261 g/mol. The third-order valence-electron chi connectivity index (χ3n) is 3.17. The van der Waals surface area contributed by atoms with Gasteiger partial charge in [0.25, 0.3) is 0 Å². The molecule has 3 heterocycles. The van der Waals surface area contributed by atoms with E-state index in [2.05, 4.69) is 20.4 Å². The van der Waals surface area contributed by atoms with Crippen molar-refractivity contribution in [3.8, 4) is 10.6 Å². The van der Waals surface area contributed by atoms with Gasteiger partial charge in [0.05, 0.1) is 11.8 Å². The molecule has 0 radical (unpaired) electrons. The van der Waals surface area contributed by atoms with Gasteiger partial charge in [0, 0.05) is 13.0 Å². The van der Waals surface area contributed by atoms with E-state index in [1.54, 1.807) is 10.9 Å². The van der Waals surface area contributed by atoms with Crippen molar-refractivity contribution in [1.29, 1.82) is 0 Å². The maximum absolute atomic E-state index is 5.96. The summed E-state index contributed by atoms with van der Waals surface area (Å²) in [5.74, 6) is 2.11. The smallest absolute Gasteiger partial charge is 0.234 e. The van der Waals surface area contributed by atoms with E-state index in [0.29, 0.717) is 11.7 Å². The first-order chi connectivity index (χ1) is 8.74. The summed E-state index contributed by atoms with van der Waals surface area (Å²) in [6.07, 6.45) is 4.10. The highest BCUT2D eigenvalue weighted by atomic mass is 32.1. The zero-order chi connectivity index (χ0) is 12.3. The number of nitrogen functional groups attached to an aromatic ring is 1. The van der Waals surface area contributed by atoms with E-state index in [4.69, 9.17) is 5.73 Å². The average molecular weight is 261 g/mol. The van der Waals surface area contributed by atoms with Crippen LogP contribution in [0.1, 0.15) is 24.6 Å². The van der Waals surface area contributed by atoms with Crippen LogP contribution >= 0.6 is 11.3 Å². The first-order valence-corrected chi connectivity index (χ1v) is 6.55. The van der Waals surface area contributed by atoms with Crippen LogP contribution in [0.2, 0.25) is 0 Å². The molecule has 18 heavy (non-hydrogen) atoms. The van der Waals surface area contributed by atoms with E-state index in [9.17, 15) is 0 Å². The van der Waals surface area contributed by atoms with Crippen molar-refractivity contribution in [2.45, 2.75) is 18.8 Å². The Morgan fingerprint density at radius 3 is 2.89 bits per heavy atom. The number of aromatic nitrogens is 6. The minimum absolute atomic E-state index is 0.529. The summed E-state index contributed by atoms with van der Waals surface area (Å²) in [5, 5.41) is 17.9. The zero-order valence-electron chi connectivity index (χ0n) is 9.74. The Morgan fingerprint density at radius 2 is 2.22 bits per heavy atom. The second kappa shape index (κ2) is 3.29. The average Bonchev–Trinajstić information content (AvgIpc) is 2.85. The molecular formula is C10H11N7S. The lowest BCUT2D eigenvalue weighted by atomic mass is 10.3. The molecule has 1 aliphatic rings. The van der Waals surface area contributed by atoms with Gasteiger partial charge in [-0.1, -0.05) is 11.3 Å². The lowest BCUT2D eigenvalue weighted by Crippen LogP contribution is -1.98. The van der Waals surface area contributed by atoms with Gasteiger partial charge in [0.2, 0.25) is 4.96 Å². The number of fused-ring (bicyclic) bond motifs is 1. The molecule has 4 rings (SSSR count). The number of nitrogens with zero attached hydrogens (tertiary/aromatic N) is 6. The van der Waals surface area contributed by atoms with Gasteiger partial charge < -0.3 is 5.73 Å². The fraction of sp³-hybridized carbons (Fsp3) is 0.400. The minimum Gasteiger partial charge on any atom is -0.383 e. The van der Waals surface area contributed by atoms with Crippen LogP contribution in [0.5, 0.6) is 0 Å². The van der Waals surface area contributed by atoms with Crippen molar-refractivity contribution >= 4 is 22.1 Å². The molecule has 0 atom stereocenters. The van der Waals surface area contributed by atoms with Crippen LogP contribution in [0, 0.1) is 0 Å². The topological polar surface area (TPSA) is 86.9 Å². The first kappa shape index (κ1) is 10.0. The summed E-state index contributed by atoms with van der Waals surface area (Å²) >= 11 is 1.49. The van der Waals surface area contributed by atoms with E-state index < -0.39 is 0 Å². The van der Waals surface area contributed by atoms with Gasteiger partial charge in [-0.05, 0) is 12.8 Å². The minimum atomic E-state index is 0.529. The summed E-state index contributed by atoms with van der Waals surface area (Å²) in [5.41, 5.74) is 6.81. The number of hydrogen-bond donors (Lipinski definition) is 1. The van der Waals surface area contributed by atoms with Gasteiger partial charge in [-0.2, -0.15) is 14.7 Å². The molecule has 0 unspecified atom stereocenters. The molecule has 92 valence electrons. The van der Waals surface area contributed by atoms with Crippen LogP contribution in [0.15, 0.2) is 6.20 Å². The Hall–Kier alpha value is -1.96. The molecule has 2 N–H and O–H groups in total. The van der Waals surface area contributed by atoms with E-state index in [0.717, 1.165) is 21.4 Å². The van der Waals surface area contributed by atoms with Crippen LogP contribution in [0.25, 0.3) is 15.5 Å². The van der Waals surface area contributed by atoms with Crippen LogP contribution in [0.3, 0.4) is 0 Å². The van der Waals surface area contributed by atoms with Gasteiger partial charge in [0.1, 0.15) is 5.82 Å². The third kappa shape index (κ3) is 1.29. The number of aryl methyl sites for hydroxylation is 1. The molecule has 0 aromatic carbocycles. The summed E-state index contributed by atoms with van der Waals surface area (Å²) in [4.78, 5) is 0.815. The quantitative estimate of drug-likeness (QED) is 0.745. The van der Waals surface area contributed by atoms with Crippen molar-refractivity contribution < 1.29 is 0 Å². The molecule has 1 fully saturated rings. The van der Waals surface area contributed by atoms with Gasteiger partial charge in [-0.25, -0.2) is 0 Å². The van der Waals surface area contributed by atoms with Crippen molar-refractivity contribution in [2.24, 2.45) is 7.05 Å². The van der Waals surface area contributed by atoms with E-state index >= 15 is 0 Å². The molecule has 8 heteroatoms. The van der Waals surface area contributed by atoms with Gasteiger partial charge in [0.15, 0.2) is 10.8 Å². The largest absolute Gasteiger partial charge is 0.383 e. The Balaban J connectivity index is 1.88. The standard InChI is InChI=1S/C10H11N7S/c1-16-7(11)6(4-12-16)9-15-17-8(5-2-3-5)13-14-10(17)18-9/h4-5H,2-3,11H2,1H3. The fourth-order valence-electron chi connectivity index (χ4n) is 1.95. The predicted molar refractivity (Wildman–Crippen MR) is 67.2 cm³/mol. The molecule has 7 nitrogen and oxygen atoms in total. The summed E-state index contributed by atoms with van der Waals surface area (Å²) in [7, 11) is 1.81. The summed E-state index contributed by atoms with van der Waals surface area (Å²) < 4.78 is 3.48. The molecule has 0 amide bonds. The van der Waals surface area contributed by atoms with Gasteiger partial charge in [-0.3, -0.25) is 4.68 Å². The molecule has 0 bridgehead atoms. The highest BCUT2D eigenvalue weighted by Crippen LogP contribution is 2.40. The second-order valence-corrected chi connectivity index (χ2v) is 5.46. The van der Waals surface area contributed by atoms with Crippen LogP contribution in [-0.2, 0) is 7.05 Å². The SMILES string of the molecule is Cn1ncc(-c2nn3c(C4CC4)nnc3s2)c1N. The lowest BCUT2D eigenvalue weighted by molar-refractivity contribution is 0.779. The highest BCUT2D eigenvalue weighted by molar-refractivity contribution is 7.19. The van der Waals surface area contributed by atoms with Gasteiger partial charge in [-0.15, -0.1) is 10.2 Å². The number of hydrogen-bond acceptors (Lipinski definition) is 6.